The largest absolute Gasteiger partial charge is 0.383 e. The minimum atomic E-state index is -0.133. The van der Waals surface area contributed by atoms with Gasteiger partial charge in [-0.2, -0.15) is 0 Å². The normalized spacial score (nSPS) is 9.30. The van der Waals surface area contributed by atoms with Crippen LogP contribution in [0.15, 0.2) is 6.20 Å². The third kappa shape index (κ3) is 1.10. The molecule has 0 fully saturated rings. The highest BCUT2D eigenvalue weighted by Gasteiger charge is 2.03. The van der Waals surface area contributed by atoms with Crippen LogP contribution in [0.4, 0.5) is 5.82 Å². The molecule has 10 heavy (non-hydrogen) atoms. The van der Waals surface area contributed by atoms with Crippen molar-refractivity contribution in [2.45, 2.75) is 6.92 Å². The summed E-state index contributed by atoms with van der Waals surface area (Å²) < 4.78 is 0. The number of hydrogen-bond acceptors (Lipinski definition) is 4. The summed E-state index contributed by atoms with van der Waals surface area (Å²) in [6.07, 6.45) is 3.63. The zero-order chi connectivity index (χ0) is 7.56. The van der Waals surface area contributed by atoms with Crippen molar-refractivity contribution in [3.8, 4) is 0 Å². The van der Waals surface area contributed by atoms with Crippen molar-refractivity contribution in [2.24, 2.45) is 0 Å². The minimum Gasteiger partial charge on any atom is -0.383 e. The van der Waals surface area contributed by atoms with Gasteiger partial charge in [0.05, 0.1) is 5.56 Å². The number of aromatic nitrogens is 2. The second kappa shape index (κ2) is 2.43. The Hall–Kier alpha value is -1.45. The van der Waals surface area contributed by atoms with Crippen LogP contribution in [0.1, 0.15) is 17.3 Å². The second-order valence-corrected chi connectivity index (χ2v) is 1.83. The quantitative estimate of drug-likeness (QED) is 0.554. The van der Waals surface area contributed by atoms with Gasteiger partial charge in [0.2, 0.25) is 0 Å². The highest BCUT2D eigenvalue weighted by molar-refractivity contribution is 5.97. The summed E-state index contributed by atoms with van der Waals surface area (Å²) in [6.45, 7) is 1.41. The van der Waals surface area contributed by atoms with E-state index in [4.69, 9.17) is 5.73 Å². The van der Waals surface area contributed by atoms with Crippen molar-refractivity contribution in [3.63, 3.8) is 0 Å². The Labute approximate surface area is 58.1 Å². The summed E-state index contributed by atoms with van der Waals surface area (Å²) in [7, 11) is 0. The summed E-state index contributed by atoms with van der Waals surface area (Å²) in [5, 5.41) is 0. The smallest absolute Gasteiger partial charge is 0.199 e. The van der Waals surface area contributed by atoms with E-state index in [0.29, 0.717) is 5.56 Å². The lowest BCUT2D eigenvalue weighted by molar-refractivity contribution is 0.101. The van der Waals surface area contributed by atoms with Crippen molar-refractivity contribution in [1.29, 1.82) is 0 Å². The van der Waals surface area contributed by atoms with Gasteiger partial charge in [0.25, 0.3) is 0 Å². The first-order valence-electron chi connectivity index (χ1n) is 2.71. The number of ketones is 1. The maximum atomic E-state index is 10.7. The molecule has 1 aromatic rings. The molecule has 0 amide bonds. The van der Waals surface area contributed by atoms with Gasteiger partial charge < -0.3 is 5.73 Å². The van der Waals surface area contributed by atoms with Crippen LogP contribution in [0.2, 0.25) is 0 Å². The van der Waals surface area contributed by atoms with E-state index in [1.165, 1.54) is 13.1 Å². The monoisotopic (exact) mass is 136 g/mol. The van der Waals surface area contributed by atoms with E-state index in [9.17, 15) is 4.79 Å². The van der Waals surface area contributed by atoms with E-state index < -0.39 is 0 Å². The van der Waals surface area contributed by atoms with E-state index in [0.717, 1.165) is 0 Å². The Morgan fingerprint density at radius 2 is 2.50 bits per heavy atom. The Kier molecular flexibility index (Phi) is 1.62. The average molecular weight is 136 g/mol. The van der Waals surface area contributed by atoms with Crippen LogP contribution in [0.25, 0.3) is 0 Å². The molecule has 4 heteroatoms. The van der Waals surface area contributed by atoms with Gasteiger partial charge in [-0.3, -0.25) is 4.79 Å². The van der Waals surface area contributed by atoms with Crippen LogP contribution in [0.5, 0.6) is 0 Å². The molecule has 1 heterocycles. The van der Waals surface area contributed by atoms with Crippen LogP contribution in [0, 0.1) is 6.33 Å². The summed E-state index contributed by atoms with van der Waals surface area (Å²) >= 11 is 0. The van der Waals surface area contributed by atoms with Gasteiger partial charge in [-0.25, -0.2) is 9.97 Å². The first-order valence-corrected chi connectivity index (χ1v) is 2.71. The van der Waals surface area contributed by atoms with E-state index in [-0.39, 0.29) is 11.6 Å². The summed E-state index contributed by atoms with van der Waals surface area (Å²) in [6, 6.07) is 0. The van der Waals surface area contributed by atoms with Gasteiger partial charge in [0, 0.05) is 6.20 Å². The molecular formula is C6H6N3O. The van der Waals surface area contributed by atoms with E-state index in [2.05, 4.69) is 16.3 Å². The highest BCUT2D eigenvalue weighted by atomic mass is 16.1. The molecule has 0 aromatic carbocycles. The van der Waals surface area contributed by atoms with Gasteiger partial charge in [-0.05, 0) is 6.92 Å². The van der Waals surface area contributed by atoms with Crippen molar-refractivity contribution in [3.05, 3.63) is 18.1 Å². The van der Waals surface area contributed by atoms with E-state index in [1.807, 2.05) is 0 Å². The Morgan fingerprint density at radius 1 is 1.80 bits per heavy atom. The molecule has 0 aliphatic heterocycles. The minimum absolute atomic E-state index is 0.133. The number of Topliss-reactive ketones (excluding diaryl/α,β-unsaturated/α-hetero) is 1. The molecule has 0 saturated carbocycles. The third-order valence-corrected chi connectivity index (χ3v) is 1.08. The molecule has 1 aromatic heterocycles. The number of anilines is 1. The van der Waals surface area contributed by atoms with Gasteiger partial charge in [0.15, 0.2) is 12.1 Å². The number of hydrogen-bond donors (Lipinski definition) is 1. The molecule has 0 saturated heterocycles. The van der Waals surface area contributed by atoms with Crippen LogP contribution in [-0.4, -0.2) is 15.8 Å². The number of rotatable bonds is 1. The number of carbonyl (C=O) groups excluding carboxylic acids is 1. The fourth-order valence-corrected chi connectivity index (χ4v) is 0.574. The lowest BCUT2D eigenvalue weighted by atomic mass is 10.2. The van der Waals surface area contributed by atoms with Gasteiger partial charge in [-0.1, -0.05) is 0 Å². The fourth-order valence-electron chi connectivity index (χ4n) is 0.574. The van der Waals surface area contributed by atoms with Crippen molar-refractivity contribution in [2.75, 3.05) is 5.73 Å². The average Bonchev–Trinajstić information content (AvgIpc) is 1.88. The molecular weight excluding hydrogens is 130 g/mol. The molecule has 1 rings (SSSR count). The predicted octanol–water partition coefficient (Wildman–Crippen LogP) is 0.0616. The standard InChI is InChI=1S/C6H6N3O/c1-4(10)5-2-8-3-9-6(5)7/h2H,1H3,(H2,7,8,9). The number of nitrogens with zero attached hydrogens (tertiary/aromatic N) is 2. The SMILES string of the molecule is CC(=O)c1cn[c]nc1N. The molecule has 0 spiro atoms. The van der Waals surface area contributed by atoms with Crippen molar-refractivity contribution in [1.82, 2.24) is 9.97 Å². The topological polar surface area (TPSA) is 68.9 Å². The molecule has 0 atom stereocenters. The Bertz CT molecular complexity index is 259. The van der Waals surface area contributed by atoms with Gasteiger partial charge in [0.1, 0.15) is 5.82 Å². The van der Waals surface area contributed by atoms with Crippen LogP contribution >= 0.6 is 0 Å². The zero-order valence-electron chi connectivity index (χ0n) is 5.46. The maximum absolute atomic E-state index is 10.7. The Balaban J connectivity index is 3.15. The van der Waals surface area contributed by atoms with Crippen LogP contribution < -0.4 is 5.73 Å². The first kappa shape index (κ1) is 6.67. The highest BCUT2D eigenvalue weighted by Crippen LogP contribution is 2.03. The Morgan fingerprint density at radius 3 is 2.90 bits per heavy atom. The van der Waals surface area contributed by atoms with Crippen LogP contribution in [0.3, 0.4) is 0 Å². The molecule has 0 bridgehead atoms. The first-order chi connectivity index (χ1) is 4.72. The lowest BCUT2D eigenvalue weighted by Crippen LogP contribution is -2.02. The van der Waals surface area contributed by atoms with Gasteiger partial charge in [-0.15, -0.1) is 0 Å². The molecule has 51 valence electrons. The van der Waals surface area contributed by atoms with E-state index in [1.54, 1.807) is 0 Å². The lowest BCUT2D eigenvalue weighted by Gasteiger charge is -1.95. The molecule has 1 radical (unpaired) electrons. The van der Waals surface area contributed by atoms with Gasteiger partial charge >= 0.3 is 0 Å². The number of nitrogen functional groups attached to an aromatic ring is 1. The number of nitrogens with two attached hydrogens (primary N) is 1. The fraction of sp³-hybridized carbons (Fsp3) is 0.167. The molecule has 0 aliphatic rings. The van der Waals surface area contributed by atoms with E-state index >= 15 is 0 Å². The third-order valence-electron chi connectivity index (χ3n) is 1.08. The summed E-state index contributed by atoms with van der Waals surface area (Å²) in [5.74, 6) is 0.0500. The van der Waals surface area contributed by atoms with Crippen molar-refractivity contribution >= 4 is 11.6 Å². The molecule has 2 N–H and O–H groups in total. The molecule has 0 unspecified atom stereocenters. The zero-order valence-corrected chi connectivity index (χ0v) is 5.46. The number of carbonyl (C=O) groups is 1. The summed E-state index contributed by atoms with van der Waals surface area (Å²) in [5.41, 5.74) is 5.66. The molecule has 4 nitrogen and oxygen atoms in total. The maximum Gasteiger partial charge on any atom is 0.199 e. The molecule has 0 aliphatic carbocycles. The summed E-state index contributed by atoms with van der Waals surface area (Å²) in [4.78, 5) is 17.7. The second-order valence-electron chi connectivity index (χ2n) is 1.83. The van der Waals surface area contributed by atoms with Crippen molar-refractivity contribution < 1.29 is 4.79 Å². The van der Waals surface area contributed by atoms with Crippen LogP contribution in [-0.2, 0) is 0 Å². The predicted molar refractivity (Wildman–Crippen MR) is 35.3 cm³/mol.